The summed E-state index contributed by atoms with van der Waals surface area (Å²) in [5.41, 5.74) is 1.63. The minimum Gasteiger partial charge on any atom is -0.464 e. The first-order chi connectivity index (χ1) is 11.2. The molecule has 0 saturated heterocycles. The fraction of sp³-hybridized carbons (Fsp3) is 0.111. The molecule has 0 atom stereocenters. The van der Waals surface area contributed by atoms with E-state index in [1.807, 2.05) is 48.5 Å². The van der Waals surface area contributed by atoms with Gasteiger partial charge >= 0.3 is 12.1 Å². The largest absolute Gasteiger partial charge is 0.464 e. The first-order valence-corrected chi connectivity index (χ1v) is 7.02. The number of ether oxygens (including phenoxy) is 2. The highest BCUT2D eigenvalue weighted by Gasteiger charge is 2.14. The van der Waals surface area contributed by atoms with Crippen LogP contribution in [-0.4, -0.2) is 19.2 Å². The van der Waals surface area contributed by atoms with Crippen LogP contribution in [0.25, 0.3) is 6.08 Å². The highest BCUT2D eigenvalue weighted by molar-refractivity contribution is 5.96. The van der Waals surface area contributed by atoms with Crippen molar-refractivity contribution in [2.75, 3.05) is 7.11 Å². The molecule has 0 bridgehead atoms. The molecule has 0 spiro atoms. The van der Waals surface area contributed by atoms with Crippen molar-refractivity contribution in [1.82, 2.24) is 5.32 Å². The molecule has 1 amide bonds. The lowest BCUT2D eigenvalue weighted by Gasteiger charge is -2.09. The van der Waals surface area contributed by atoms with Crippen molar-refractivity contribution in [2.45, 2.75) is 6.61 Å². The Morgan fingerprint density at radius 3 is 2.22 bits per heavy atom. The number of carbonyl (C=O) groups excluding carboxylic acids is 2. The van der Waals surface area contributed by atoms with Gasteiger partial charge in [-0.05, 0) is 17.2 Å². The SMILES string of the molecule is COC(=O)/C(=C/c1ccccc1)NC(=O)OCc1ccccc1. The Balaban J connectivity index is 2.01. The van der Waals surface area contributed by atoms with Gasteiger partial charge in [-0.3, -0.25) is 5.32 Å². The molecule has 0 aliphatic heterocycles. The molecule has 0 radical (unpaired) electrons. The van der Waals surface area contributed by atoms with Gasteiger partial charge in [0.1, 0.15) is 12.3 Å². The number of methoxy groups -OCH3 is 1. The molecule has 0 aromatic heterocycles. The van der Waals surface area contributed by atoms with Crippen molar-refractivity contribution in [3.63, 3.8) is 0 Å². The van der Waals surface area contributed by atoms with Crippen LogP contribution in [-0.2, 0) is 20.9 Å². The van der Waals surface area contributed by atoms with E-state index < -0.39 is 12.1 Å². The lowest BCUT2D eigenvalue weighted by atomic mass is 10.2. The summed E-state index contributed by atoms with van der Waals surface area (Å²) >= 11 is 0. The smallest absolute Gasteiger partial charge is 0.412 e. The molecule has 1 N–H and O–H groups in total. The Bertz CT molecular complexity index is 681. The van der Waals surface area contributed by atoms with Gasteiger partial charge in [0.05, 0.1) is 7.11 Å². The van der Waals surface area contributed by atoms with E-state index in [1.54, 1.807) is 12.1 Å². The second-order valence-corrected chi connectivity index (χ2v) is 4.65. The zero-order valence-electron chi connectivity index (χ0n) is 12.7. The number of carbonyl (C=O) groups is 2. The van der Waals surface area contributed by atoms with Crippen molar-refractivity contribution in [1.29, 1.82) is 0 Å². The molecule has 2 aromatic carbocycles. The second-order valence-electron chi connectivity index (χ2n) is 4.65. The van der Waals surface area contributed by atoms with Crippen LogP contribution in [0, 0.1) is 0 Å². The van der Waals surface area contributed by atoms with Crippen molar-refractivity contribution in [3.05, 3.63) is 77.5 Å². The summed E-state index contributed by atoms with van der Waals surface area (Å²) in [5, 5.41) is 2.41. The third kappa shape index (κ3) is 5.32. The van der Waals surface area contributed by atoms with Gasteiger partial charge in [0.2, 0.25) is 0 Å². The summed E-state index contributed by atoms with van der Waals surface area (Å²) < 4.78 is 9.76. The Hall–Kier alpha value is -3.08. The first kappa shape index (κ1) is 16.3. The zero-order valence-corrected chi connectivity index (χ0v) is 12.7. The number of amides is 1. The number of nitrogens with one attached hydrogen (secondary N) is 1. The van der Waals surface area contributed by atoms with Crippen LogP contribution in [0.3, 0.4) is 0 Å². The van der Waals surface area contributed by atoms with Crippen LogP contribution in [0.5, 0.6) is 0 Å². The van der Waals surface area contributed by atoms with Crippen molar-refractivity contribution in [3.8, 4) is 0 Å². The monoisotopic (exact) mass is 311 g/mol. The first-order valence-electron chi connectivity index (χ1n) is 7.02. The molecule has 5 nitrogen and oxygen atoms in total. The summed E-state index contributed by atoms with van der Waals surface area (Å²) in [6.45, 7) is 0.118. The lowest BCUT2D eigenvalue weighted by Crippen LogP contribution is -2.28. The van der Waals surface area contributed by atoms with E-state index in [0.717, 1.165) is 11.1 Å². The zero-order chi connectivity index (χ0) is 16.5. The molecule has 5 heteroatoms. The molecule has 0 unspecified atom stereocenters. The molecule has 0 saturated carbocycles. The third-order valence-electron chi connectivity index (χ3n) is 2.97. The van der Waals surface area contributed by atoms with Gasteiger partial charge in [0, 0.05) is 0 Å². The third-order valence-corrected chi connectivity index (χ3v) is 2.97. The topological polar surface area (TPSA) is 64.6 Å². The van der Waals surface area contributed by atoms with Crippen LogP contribution in [0.15, 0.2) is 66.4 Å². The molecular weight excluding hydrogens is 294 g/mol. The van der Waals surface area contributed by atoms with E-state index in [1.165, 1.54) is 13.2 Å². The van der Waals surface area contributed by atoms with Crippen molar-refractivity contribution < 1.29 is 19.1 Å². The van der Waals surface area contributed by atoms with Gasteiger partial charge in [0.15, 0.2) is 0 Å². The van der Waals surface area contributed by atoms with E-state index in [9.17, 15) is 9.59 Å². The predicted octanol–water partition coefficient (Wildman–Crippen LogP) is 3.13. The van der Waals surface area contributed by atoms with E-state index in [0.29, 0.717) is 0 Å². The summed E-state index contributed by atoms with van der Waals surface area (Å²) in [6.07, 6.45) is 0.803. The van der Waals surface area contributed by atoms with Gasteiger partial charge in [-0.1, -0.05) is 60.7 Å². The van der Waals surface area contributed by atoms with Crippen molar-refractivity contribution in [2.24, 2.45) is 0 Å². The summed E-state index contributed by atoms with van der Waals surface area (Å²) in [7, 11) is 1.25. The fourth-order valence-electron chi connectivity index (χ4n) is 1.84. The molecule has 0 aliphatic carbocycles. The molecular formula is C18H17NO4. The number of alkyl carbamates (subject to hydrolysis) is 1. The minimum absolute atomic E-state index is 0.0109. The number of hydrogen-bond donors (Lipinski definition) is 1. The average Bonchev–Trinajstić information content (AvgIpc) is 2.60. The number of esters is 1. The molecule has 0 fully saturated rings. The lowest BCUT2D eigenvalue weighted by molar-refractivity contribution is -0.136. The standard InChI is InChI=1S/C18H17NO4/c1-22-17(20)16(12-14-8-4-2-5-9-14)19-18(21)23-13-15-10-6-3-7-11-15/h2-12H,13H2,1H3,(H,19,21)/b16-12-. The highest BCUT2D eigenvalue weighted by Crippen LogP contribution is 2.07. The minimum atomic E-state index is -0.721. The van der Waals surface area contributed by atoms with E-state index in [2.05, 4.69) is 10.1 Å². The molecule has 2 aromatic rings. The van der Waals surface area contributed by atoms with Crippen LogP contribution in [0.4, 0.5) is 4.79 Å². The van der Waals surface area contributed by atoms with E-state index in [-0.39, 0.29) is 12.3 Å². The quantitative estimate of drug-likeness (QED) is 0.680. The second kappa shape index (κ2) is 8.38. The van der Waals surface area contributed by atoms with Crippen LogP contribution in [0.1, 0.15) is 11.1 Å². The maximum Gasteiger partial charge on any atom is 0.412 e. The summed E-state index contributed by atoms with van der Waals surface area (Å²) in [5.74, 6) is -0.648. The fourth-order valence-corrected chi connectivity index (χ4v) is 1.84. The molecule has 0 aliphatic rings. The highest BCUT2D eigenvalue weighted by atomic mass is 16.6. The maximum absolute atomic E-state index is 11.9. The molecule has 23 heavy (non-hydrogen) atoms. The molecule has 2 rings (SSSR count). The Morgan fingerprint density at radius 1 is 1.00 bits per heavy atom. The Kier molecular flexibility index (Phi) is 5.94. The summed E-state index contributed by atoms with van der Waals surface area (Å²) in [6, 6.07) is 18.4. The molecule has 0 heterocycles. The predicted molar refractivity (Wildman–Crippen MR) is 86.2 cm³/mol. The van der Waals surface area contributed by atoms with E-state index in [4.69, 9.17) is 4.74 Å². The van der Waals surface area contributed by atoms with Crippen LogP contribution >= 0.6 is 0 Å². The van der Waals surface area contributed by atoms with Gasteiger partial charge in [-0.2, -0.15) is 0 Å². The maximum atomic E-state index is 11.9. The van der Waals surface area contributed by atoms with Crippen molar-refractivity contribution >= 4 is 18.1 Å². The van der Waals surface area contributed by atoms with Crippen LogP contribution in [0.2, 0.25) is 0 Å². The van der Waals surface area contributed by atoms with Gasteiger partial charge < -0.3 is 9.47 Å². The van der Waals surface area contributed by atoms with Crippen LogP contribution < -0.4 is 5.32 Å². The average molecular weight is 311 g/mol. The number of rotatable bonds is 5. The van der Waals surface area contributed by atoms with Gasteiger partial charge in [-0.15, -0.1) is 0 Å². The Labute approximate surface area is 134 Å². The normalized spacial score (nSPS) is 10.7. The van der Waals surface area contributed by atoms with Gasteiger partial charge in [-0.25, -0.2) is 9.59 Å². The van der Waals surface area contributed by atoms with Gasteiger partial charge in [0.25, 0.3) is 0 Å². The molecule has 118 valence electrons. The number of hydrogen-bond acceptors (Lipinski definition) is 4. The van der Waals surface area contributed by atoms with E-state index >= 15 is 0 Å². The summed E-state index contributed by atoms with van der Waals surface area (Å²) in [4.78, 5) is 23.6. The number of benzene rings is 2. The Morgan fingerprint density at radius 2 is 1.61 bits per heavy atom.